The smallest absolute Gasteiger partial charge is 0.330 e. The van der Waals surface area contributed by atoms with Gasteiger partial charge in [-0.2, -0.15) is 0 Å². The Hall–Kier alpha value is -3.13. The topological polar surface area (TPSA) is 87.2 Å². The van der Waals surface area contributed by atoms with Gasteiger partial charge < -0.3 is 15.2 Å². The van der Waals surface area contributed by atoms with Crippen LogP contribution in [0.1, 0.15) is 28.2 Å². The van der Waals surface area contributed by atoms with Gasteiger partial charge in [0.15, 0.2) is 0 Å². The predicted octanol–water partition coefficient (Wildman–Crippen LogP) is 3.03. The summed E-state index contributed by atoms with van der Waals surface area (Å²) in [5.41, 5.74) is 1.69. The fourth-order valence-electron chi connectivity index (χ4n) is 3.70. The van der Waals surface area contributed by atoms with Gasteiger partial charge in [-0.25, -0.2) is 4.79 Å². The van der Waals surface area contributed by atoms with Gasteiger partial charge in [0.1, 0.15) is 0 Å². The summed E-state index contributed by atoms with van der Waals surface area (Å²) in [5, 5.41) is 4.85. The van der Waals surface area contributed by atoms with Gasteiger partial charge in [0, 0.05) is 25.0 Å². The van der Waals surface area contributed by atoms with Crippen molar-refractivity contribution in [2.45, 2.75) is 19.8 Å². The van der Waals surface area contributed by atoms with Crippen LogP contribution in [0.4, 0.5) is 5.69 Å². The number of aryl methyl sites for hydroxylation is 1. The quantitative estimate of drug-likeness (QED) is 0.693. The van der Waals surface area contributed by atoms with Crippen molar-refractivity contribution in [3.05, 3.63) is 69.0 Å². The highest BCUT2D eigenvalue weighted by Crippen LogP contribution is 2.24. The molecule has 3 aromatic rings. The normalized spacial score (nSPS) is 16.6. The standard InChI is InChI=1S/C21H22N4O3S/c1-14-12-22-21(28)25(14)17-8-3-2-7-16(17)23-19(26)15-6-4-10-24(13-15)20(27)18-9-5-11-29-18/h2-3,5,7-9,11-12,15H,4,6,10,13H2,1H3,(H,22,28)(H,23,26). The Morgan fingerprint density at radius 1 is 1.21 bits per heavy atom. The molecule has 0 spiro atoms. The number of carbonyl (C=O) groups excluding carboxylic acids is 2. The Kier molecular flexibility index (Phi) is 5.35. The van der Waals surface area contributed by atoms with E-state index in [1.807, 2.05) is 36.6 Å². The van der Waals surface area contributed by atoms with Crippen molar-refractivity contribution < 1.29 is 9.59 Å². The van der Waals surface area contributed by atoms with E-state index < -0.39 is 0 Å². The summed E-state index contributed by atoms with van der Waals surface area (Å²) >= 11 is 1.41. The van der Waals surface area contributed by atoms with Crippen LogP contribution in [0, 0.1) is 12.8 Å². The highest BCUT2D eigenvalue weighted by atomic mass is 32.1. The first-order chi connectivity index (χ1) is 14.0. The summed E-state index contributed by atoms with van der Waals surface area (Å²) in [6.45, 7) is 2.88. The van der Waals surface area contributed by atoms with Gasteiger partial charge in [-0.1, -0.05) is 18.2 Å². The van der Waals surface area contributed by atoms with Gasteiger partial charge in [0.05, 0.1) is 22.2 Å². The molecular formula is C21H22N4O3S. The number of H-pyrrole nitrogens is 1. The van der Waals surface area contributed by atoms with Crippen LogP contribution < -0.4 is 11.0 Å². The Morgan fingerprint density at radius 2 is 2.03 bits per heavy atom. The summed E-state index contributed by atoms with van der Waals surface area (Å²) in [6, 6.07) is 10.9. The lowest BCUT2D eigenvalue weighted by molar-refractivity contribution is -0.121. The maximum Gasteiger partial charge on any atom is 0.330 e. The molecule has 7 nitrogen and oxygen atoms in total. The molecule has 1 aromatic carbocycles. The second-order valence-electron chi connectivity index (χ2n) is 7.14. The average Bonchev–Trinajstić information content (AvgIpc) is 3.38. The molecule has 1 atom stereocenters. The molecule has 1 saturated heterocycles. The zero-order valence-electron chi connectivity index (χ0n) is 16.1. The van der Waals surface area contributed by atoms with Crippen molar-refractivity contribution in [1.82, 2.24) is 14.5 Å². The van der Waals surface area contributed by atoms with E-state index in [1.54, 1.807) is 23.2 Å². The fourth-order valence-corrected chi connectivity index (χ4v) is 4.39. The molecule has 150 valence electrons. The lowest BCUT2D eigenvalue weighted by Gasteiger charge is -2.32. The number of benzene rings is 1. The Balaban J connectivity index is 1.52. The highest BCUT2D eigenvalue weighted by Gasteiger charge is 2.29. The number of aromatic nitrogens is 2. The molecule has 3 heterocycles. The van der Waals surface area contributed by atoms with E-state index in [-0.39, 0.29) is 23.4 Å². The number of para-hydroxylation sites is 2. The number of hydrogen-bond acceptors (Lipinski definition) is 4. The molecule has 1 aliphatic rings. The van der Waals surface area contributed by atoms with Crippen LogP contribution in [0.25, 0.3) is 5.69 Å². The van der Waals surface area contributed by atoms with E-state index in [1.165, 1.54) is 15.9 Å². The minimum atomic E-state index is -0.287. The molecule has 4 rings (SSSR count). The fraction of sp³-hybridized carbons (Fsp3) is 0.286. The Bertz CT molecular complexity index is 1080. The lowest BCUT2D eigenvalue weighted by atomic mass is 9.96. The van der Waals surface area contributed by atoms with E-state index in [2.05, 4.69) is 10.3 Å². The number of likely N-dealkylation sites (tertiary alicyclic amines) is 1. The summed E-state index contributed by atoms with van der Waals surface area (Å²) in [4.78, 5) is 42.9. The molecule has 29 heavy (non-hydrogen) atoms. The summed E-state index contributed by atoms with van der Waals surface area (Å²) < 4.78 is 1.53. The minimum absolute atomic E-state index is 0.0209. The molecule has 0 aliphatic carbocycles. The number of aromatic amines is 1. The second-order valence-corrected chi connectivity index (χ2v) is 8.09. The van der Waals surface area contributed by atoms with Crippen molar-refractivity contribution in [2.75, 3.05) is 18.4 Å². The molecule has 0 saturated carbocycles. The molecule has 2 aromatic heterocycles. The SMILES string of the molecule is Cc1c[nH]c(=O)n1-c1ccccc1NC(=O)C1CCCN(C(=O)c2cccs2)C1. The average molecular weight is 410 g/mol. The zero-order chi connectivity index (χ0) is 20.4. The van der Waals surface area contributed by atoms with E-state index in [0.717, 1.165) is 18.5 Å². The second kappa shape index (κ2) is 8.08. The maximum absolute atomic E-state index is 13.0. The van der Waals surface area contributed by atoms with Crippen molar-refractivity contribution in [2.24, 2.45) is 5.92 Å². The van der Waals surface area contributed by atoms with Crippen LogP contribution >= 0.6 is 11.3 Å². The minimum Gasteiger partial charge on any atom is -0.337 e. The number of nitrogens with zero attached hydrogens (tertiary/aromatic N) is 2. The number of imidazole rings is 1. The van der Waals surface area contributed by atoms with Crippen molar-refractivity contribution in [1.29, 1.82) is 0 Å². The van der Waals surface area contributed by atoms with Crippen molar-refractivity contribution in [3.8, 4) is 5.69 Å². The number of anilines is 1. The molecule has 2 N–H and O–H groups in total. The van der Waals surface area contributed by atoms with E-state index in [9.17, 15) is 14.4 Å². The molecule has 1 fully saturated rings. The van der Waals surface area contributed by atoms with Crippen LogP contribution in [0.3, 0.4) is 0 Å². The molecule has 1 aliphatic heterocycles. The number of piperidine rings is 1. The largest absolute Gasteiger partial charge is 0.337 e. The molecule has 1 unspecified atom stereocenters. The van der Waals surface area contributed by atoms with Gasteiger partial charge in [-0.05, 0) is 43.3 Å². The molecule has 8 heteroatoms. The number of amides is 2. The van der Waals surface area contributed by atoms with Crippen molar-refractivity contribution >= 4 is 28.8 Å². The van der Waals surface area contributed by atoms with Gasteiger partial charge in [-0.3, -0.25) is 14.2 Å². The molecule has 0 radical (unpaired) electrons. The van der Waals surface area contributed by atoms with Gasteiger partial charge in [-0.15, -0.1) is 11.3 Å². The monoisotopic (exact) mass is 410 g/mol. The van der Waals surface area contributed by atoms with Crippen LogP contribution in [0.5, 0.6) is 0 Å². The van der Waals surface area contributed by atoms with Crippen molar-refractivity contribution in [3.63, 3.8) is 0 Å². The number of carbonyl (C=O) groups is 2. The third-order valence-electron chi connectivity index (χ3n) is 5.17. The number of rotatable bonds is 4. The number of nitrogens with one attached hydrogen (secondary N) is 2. The van der Waals surface area contributed by atoms with E-state index in [4.69, 9.17) is 0 Å². The predicted molar refractivity (Wildman–Crippen MR) is 113 cm³/mol. The number of thiophene rings is 1. The first-order valence-electron chi connectivity index (χ1n) is 9.54. The molecular weight excluding hydrogens is 388 g/mol. The summed E-state index contributed by atoms with van der Waals surface area (Å²) in [6.07, 6.45) is 3.15. The zero-order valence-corrected chi connectivity index (χ0v) is 16.9. The Labute approximate surface area is 172 Å². The van der Waals surface area contributed by atoms with Crippen LogP contribution in [-0.4, -0.2) is 39.4 Å². The van der Waals surface area contributed by atoms with Crippen LogP contribution in [0.2, 0.25) is 0 Å². The third-order valence-corrected chi connectivity index (χ3v) is 6.03. The first-order valence-corrected chi connectivity index (χ1v) is 10.4. The van der Waals surface area contributed by atoms with Crippen LogP contribution in [-0.2, 0) is 4.79 Å². The van der Waals surface area contributed by atoms with E-state index >= 15 is 0 Å². The van der Waals surface area contributed by atoms with Gasteiger partial charge >= 0.3 is 5.69 Å². The summed E-state index contributed by atoms with van der Waals surface area (Å²) in [5.74, 6) is -0.445. The van der Waals surface area contributed by atoms with Crippen LogP contribution in [0.15, 0.2) is 52.8 Å². The summed E-state index contributed by atoms with van der Waals surface area (Å²) in [7, 11) is 0. The maximum atomic E-state index is 13.0. The van der Waals surface area contributed by atoms with Gasteiger partial charge in [0.2, 0.25) is 5.91 Å². The van der Waals surface area contributed by atoms with Gasteiger partial charge in [0.25, 0.3) is 5.91 Å². The molecule has 0 bridgehead atoms. The third kappa shape index (κ3) is 3.88. The number of hydrogen-bond donors (Lipinski definition) is 2. The lowest BCUT2D eigenvalue weighted by Crippen LogP contribution is -2.43. The first kappa shape index (κ1) is 19.2. The Morgan fingerprint density at radius 3 is 2.76 bits per heavy atom. The van der Waals surface area contributed by atoms with E-state index in [0.29, 0.717) is 29.3 Å². The molecule has 2 amide bonds. The highest BCUT2D eigenvalue weighted by molar-refractivity contribution is 7.12.